The zero-order valence-corrected chi connectivity index (χ0v) is 31.2. The number of hydrogen-bond donors (Lipinski definition) is 16. The molecule has 0 fully saturated rings. The summed E-state index contributed by atoms with van der Waals surface area (Å²) >= 11 is 0. The van der Waals surface area contributed by atoms with E-state index < -0.39 is 129 Å². The molecule has 20 heteroatoms. The summed E-state index contributed by atoms with van der Waals surface area (Å²) in [5.41, 5.74) is -0.942. The number of fused-ring (bicyclic) bond motifs is 2. The van der Waals surface area contributed by atoms with Crippen LogP contribution in [0.2, 0.25) is 0 Å². The van der Waals surface area contributed by atoms with Gasteiger partial charge in [0.2, 0.25) is 11.5 Å². The molecule has 8 rings (SSSR count). The summed E-state index contributed by atoms with van der Waals surface area (Å²) < 4.78 is 25.2. The second-order valence-corrected chi connectivity index (χ2v) is 14.4. The zero-order valence-electron chi connectivity index (χ0n) is 31.2. The van der Waals surface area contributed by atoms with Crippen molar-refractivity contribution < 1.29 is 101 Å². The minimum atomic E-state index is -1.72. The molecule has 20 nitrogen and oxygen atoms in total. The molecule has 5 atom stereocenters. The van der Waals surface area contributed by atoms with Gasteiger partial charge < -0.3 is 101 Å². The molecule has 62 heavy (non-hydrogen) atoms. The Hall–Kier alpha value is -8.68. The van der Waals surface area contributed by atoms with Gasteiger partial charge in [-0.1, -0.05) is 0 Å². The summed E-state index contributed by atoms with van der Waals surface area (Å²) in [4.78, 5) is 0. The Morgan fingerprint density at radius 2 is 0.839 bits per heavy atom. The normalized spacial score (nSPS) is 19.1. The van der Waals surface area contributed by atoms with E-state index in [-0.39, 0.29) is 50.8 Å². The van der Waals surface area contributed by atoms with Crippen LogP contribution in [0.5, 0.6) is 115 Å². The van der Waals surface area contributed by atoms with E-state index in [1.807, 2.05) is 0 Å². The van der Waals surface area contributed by atoms with Crippen molar-refractivity contribution in [3.63, 3.8) is 0 Å². The molecule has 6 aromatic carbocycles. The SMILES string of the molecule is Oc1cc(O)c2c(c1)O[C@H](c1cc(O)c(O)c(O)c1)[C@H](Oc1cc(O)c(O)c(O)c1)[C@H]2c1c(O)cc(O)c2c1O[C@H](c1cc(O)c(O)c(O)c1)[C@H](Oc1cc(O)c(O)c(O)c1)C2. The van der Waals surface area contributed by atoms with Gasteiger partial charge in [0.25, 0.3) is 0 Å². The van der Waals surface area contributed by atoms with Gasteiger partial charge in [0, 0.05) is 76.7 Å². The molecular weight excluding hydrogens is 824 g/mol. The van der Waals surface area contributed by atoms with Gasteiger partial charge in [0.15, 0.2) is 75.8 Å². The Morgan fingerprint density at radius 1 is 0.403 bits per heavy atom. The molecule has 0 spiro atoms. The van der Waals surface area contributed by atoms with Crippen LogP contribution in [0.25, 0.3) is 0 Å². The number of ether oxygens (including phenoxy) is 4. The fourth-order valence-electron chi connectivity index (χ4n) is 7.67. The van der Waals surface area contributed by atoms with Crippen molar-refractivity contribution in [3.05, 3.63) is 94.5 Å². The van der Waals surface area contributed by atoms with Crippen LogP contribution in [0.1, 0.15) is 45.9 Å². The Morgan fingerprint density at radius 3 is 1.34 bits per heavy atom. The van der Waals surface area contributed by atoms with Crippen LogP contribution in [0.15, 0.2) is 66.7 Å². The van der Waals surface area contributed by atoms with Crippen molar-refractivity contribution in [2.75, 3.05) is 0 Å². The van der Waals surface area contributed by atoms with Gasteiger partial charge in [-0.2, -0.15) is 0 Å². The Bertz CT molecular complexity index is 2710. The molecule has 0 saturated carbocycles. The van der Waals surface area contributed by atoms with Gasteiger partial charge in [-0.3, -0.25) is 0 Å². The van der Waals surface area contributed by atoms with Crippen LogP contribution in [-0.2, 0) is 6.42 Å². The quantitative estimate of drug-likeness (QED) is 0.0957. The van der Waals surface area contributed by atoms with Gasteiger partial charge >= 0.3 is 0 Å². The topological polar surface area (TPSA) is 361 Å². The molecule has 0 unspecified atom stereocenters. The molecular formula is C42H34O20. The lowest BCUT2D eigenvalue weighted by molar-refractivity contribution is 0.0174. The first-order chi connectivity index (χ1) is 29.3. The molecule has 0 bridgehead atoms. The van der Waals surface area contributed by atoms with E-state index in [9.17, 15) is 81.7 Å². The summed E-state index contributed by atoms with van der Waals surface area (Å²) in [7, 11) is 0. The third kappa shape index (κ3) is 6.69. The second kappa shape index (κ2) is 14.5. The molecule has 0 saturated heterocycles. The average molecular weight is 859 g/mol. The van der Waals surface area contributed by atoms with Crippen LogP contribution in [-0.4, -0.2) is 93.9 Å². The van der Waals surface area contributed by atoms with Crippen LogP contribution < -0.4 is 18.9 Å². The highest BCUT2D eigenvalue weighted by atomic mass is 16.6. The Kier molecular flexibility index (Phi) is 9.41. The second-order valence-electron chi connectivity index (χ2n) is 14.4. The Balaban J connectivity index is 1.39. The third-order valence-corrected chi connectivity index (χ3v) is 10.5. The largest absolute Gasteiger partial charge is 0.508 e. The smallest absolute Gasteiger partial charge is 0.200 e. The summed E-state index contributed by atoms with van der Waals surface area (Å²) in [5.74, 6) is -15.8. The minimum Gasteiger partial charge on any atom is -0.508 e. The lowest BCUT2D eigenvalue weighted by atomic mass is 9.77. The van der Waals surface area contributed by atoms with E-state index in [2.05, 4.69) is 0 Å². The molecule has 0 amide bonds. The molecule has 322 valence electrons. The van der Waals surface area contributed by atoms with E-state index in [4.69, 9.17) is 18.9 Å². The van der Waals surface area contributed by atoms with Crippen molar-refractivity contribution >= 4 is 0 Å². The van der Waals surface area contributed by atoms with Crippen molar-refractivity contribution in [3.8, 4) is 115 Å². The predicted molar refractivity (Wildman–Crippen MR) is 206 cm³/mol. The maximum atomic E-state index is 11.9. The van der Waals surface area contributed by atoms with Crippen LogP contribution in [0.4, 0.5) is 0 Å². The summed E-state index contributed by atoms with van der Waals surface area (Å²) in [6.07, 6.45) is -6.63. The fourth-order valence-corrected chi connectivity index (χ4v) is 7.67. The van der Waals surface area contributed by atoms with Gasteiger partial charge in [-0.15, -0.1) is 0 Å². The van der Waals surface area contributed by atoms with Crippen molar-refractivity contribution in [1.29, 1.82) is 0 Å². The number of phenolic OH excluding ortho intramolecular Hbond substituents is 16. The molecule has 2 aliphatic rings. The number of benzene rings is 6. The monoisotopic (exact) mass is 858 g/mol. The van der Waals surface area contributed by atoms with Crippen molar-refractivity contribution in [1.82, 2.24) is 0 Å². The van der Waals surface area contributed by atoms with Gasteiger partial charge in [0.1, 0.15) is 52.1 Å². The first kappa shape index (κ1) is 40.1. The van der Waals surface area contributed by atoms with E-state index >= 15 is 0 Å². The van der Waals surface area contributed by atoms with E-state index in [1.165, 1.54) is 0 Å². The van der Waals surface area contributed by atoms with Gasteiger partial charge in [-0.25, -0.2) is 0 Å². The summed E-state index contributed by atoms with van der Waals surface area (Å²) in [6.45, 7) is 0. The Labute approximate surface area is 346 Å². The predicted octanol–water partition coefficient (Wildman–Crippen LogP) is 4.81. The molecule has 0 radical (unpaired) electrons. The molecule has 2 aliphatic heterocycles. The first-order valence-corrected chi connectivity index (χ1v) is 18.1. The number of hydrogen-bond acceptors (Lipinski definition) is 20. The minimum absolute atomic E-state index is 0.106. The lowest BCUT2D eigenvalue weighted by Gasteiger charge is -2.42. The number of phenols is 16. The van der Waals surface area contributed by atoms with Crippen molar-refractivity contribution in [2.24, 2.45) is 0 Å². The maximum absolute atomic E-state index is 11.9. The van der Waals surface area contributed by atoms with E-state index in [1.54, 1.807) is 0 Å². The van der Waals surface area contributed by atoms with Crippen molar-refractivity contribution in [2.45, 2.75) is 36.8 Å². The zero-order chi connectivity index (χ0) is 44.6. The summed E-state index contributed by atoms with van der Waals surface area (Å²) in [6, 6.07) is 10.4. The van der Waals surface area contributed by atoms with Gasteiger partial charge in [-0.05, 0) is 24.3 Å². The molecule has 6 aromatic rings. The van der Waals surface area contributed by atoms with E-state index in [0.717, 1.165) is 66.7 Å². The molecule has 16 N–H and O–H groups in total. The van der Waals surface area contributed by atoms with E-state index in [0.29, 0.717) is 0 Å². The number of aromatic hydroxyl groups is 16. The molecule has 0 aromatic heterocycles. The maximum Gasteiger partial charge on any atom is 0.200 e. The molecule has 0 aliphatic carbocycles. The van der Waals surface area contributed by atoms with Crippen LogP contribution in [0.3, 0.4) is 0 Å². The number of rotatable bonds is 7. The average Bonchev–Trinajstić information content (AvgIpc) is 3.20. The van der Waals surface area contributed by atoms with Crippen LogP contribution >= 0.6 is 0 Å². The highest BCUT2D eigenvalue weighted by molar-refractivity contribution is 5.67. The van der Waals surface area contributed by atoms with Gasteiger partial charge in [0.05, 0.1) is 5.92 Å². The molecule has 2 heterocycles. The fraction of sp³-hybridized carbons (Fsp3) is 0.143. The third-order valence-electron chi connectivity index (χ3n) is 10.5. The lowest BCUT2D eigenvalue weighted by Crippen LogP contribution is -2.41. The highest BCUT2D eigenvalue weighted by Gasteiger charge is 2.49. The summed E-state index contributed by atoms with van der Waals surface area (Å²) in [5, 5.41) is 170. The standard InChI is InChI=1S/C42H34O20/c43-15-5-20(45)32-30(6-15)61-40(14-3-24(49)36(56)25(50)4-14)42(60-17-9-28(53)38(58)29(54)10-17)34(32)33-21(46)12-19(44)18-11-31(59-16-7-26(51)37(57)27(52)8-16)39(62-41(18)33)13-1-22(47)35(55)23(48)2-13/h1-10,12,31,34,39-40,42-58H,11H2/t31-,34-,39-,40-,42-/m1/s1. The highest BCUT2D eigenvalue weighted by Crippen LogP contribution is 2.59. The first-order valence-electron chi connectivity index (χ1n) is 18.1. The van der Waals surface area contributed by atoms with Crippen LogP contribution in [0, 0.1) is 0 Å².